The molecule has 4 rings (SSSR count). The summed E-state index contributed by atoms with van der Waals surface area (Å²) in [4.78, 5) is 12.3. The minimum atomic E-state index is -1.14. The second-order valence-corrected chi connectivity index (χ2v) is 9.79. The van der Waals surface area contributed by atoms with E-state index in [1.165, 1.54) is 6.08 Å². The number of hydrogen-bond acceptors (Lipinski definition) is 8. The highest BCUT2D eigenvalue weighted by Gasteiger charge is 2.20. The van der Waals surface area contributed by atoms with Crippen molar-refractivity contribution in [3.63, 3.8) is 0 Å². The first kappa shape index (κ1) is 28.5. The molecule has 0 radical (unpaired) electrons. The van der Waals surface area contributed by atoms with Crippen LogP contribution in [0.5, 0.6) is 17.2 Å². The first-order valence-electron chi connectivity index (χ1n) is 12.1. The second kappa shape index (κ2) is 13.1. The molecule has 0 aliphatic rings. The molecule has 1 N–H and O–H groups in total. The molecule has 0 amide bonds. The number of aromatic nitrogens is 3. The normalized spacial score (nSPS) is 11.1. The Bertz CT molecular complexity index is 1570. The Balaban J connectivity index is 1.65. The highest BCUT2D eigenvalue weighted by molar-refractivity contribution is 8.04. The predicted octanol–water partition coefficient (Wildman–Crippen LogP) is 6.30. The number of thioether (sulfide) groups is 1. The molecule has 0 fully saturated rings. The molecule has 0 saturated heterocycles. The molecule has 11 heteroatoms. The van der Waals surface area contributed by atoms with Crippen LogP contribution in [0.2, 0.25) is 5.02 Å². The van der Waals surface area contributed by atoms with Gasteiger partial charge in [0.1, 0.15) is 28.8 Å². The van der Waals surface area contributed by atoms with Crippen LogP contribution in [0.3, 0.4) is 0 Å². The van der Waals surface area contributed by atoms with E-state index in [4.69, 9.17) is 31.1 Å². The smallest absolute Gasteiger partial charge is 0.342 e. The van der Waals surface area contributed by atoms with Crippen LogP contribution in [0.1, 0.15) is 23.6 Å². The van der Waals surface area contributed by atoms with Crippen molar-refractivity contribution in [1.29, 1.82) is 5.26 Å². The van der Waals surface area contributed by atoms with E-state index < -0.39 is 5.97 Å². The van der Waals surface area contributed by atoms with Crippen molar-refractivity contribution in [3.8, 4) is 34.7 Å². The lowest BCUT2D eigenvalue weighted by Gasteiger charge is -2.12. The zero-order valence-electron chi connectivity index (χ0n) is 21.9. The molecule has 1 heterocycles. The summed E-state index contributed by atoms with van der Waals surface area (Å²) in [5.41, 5.74) is 2.61. The van der Waals surface area contributed by atoms with Gasteiger partial charge in [0.25, 0.3) is 0 Å². The third kappa shape index (κ3) is 6.75. The number of ether oxygens (including phenoxy) is 3. The van der Waals surface area contributed by atoms with Gasteiger partial charge in [0.05, 0.1) is 25.9 Å². The number of rotatable bonds is 11. The van der Waals surface area contributed by atoms with Gasteiger partial charge < -0.3 is 23.9 Å². The lowest BCUT2D eigenvalue weighted by Crippen LogP contribution is -2.03. The summed E-state index contributed by atoms with van der Waals surface area (Å²) >= 11 is 7.21. The molecule has 9 nitrogen and oxygen atoms in total. The average molecular weight is 577 g/mol. The number of carboxylic acids is 1. The standard InChI is InChI=1S/C29H25ClN4O5S/c1-4-34-27(21-12-23(37-2)15-24(13-21)38-3)32-33-29(34)40-26(28(35)36)14-20-11-22(30)9-10-25(20)39-17-19-7-5-18(16-31)6-8-19/h5-15H,4,17H2,1-3H3,(H,35,36)/b26-14-. The predicted molar refractivity (Wildman–Crippen MR) is 153 cm³/mol. The molecule has 4 aromatic rings. The topological polar surface area (TPSA) is 119 Å². The molecular weight excluding hydrogens is 552 g/mol. The van der Waals surface area contributed by atoms with Crippen LogP contribution in [0, 0.1) is 11.3 Å². The van der Waals surface area contributed by atoms with Gasteiger partial charge in [0, 0.05) is 28.8 Å². The van der Waals surface area contributed by atoms with Gasteiger partial charge in [-0.25, -0.2) is 4.79 Å². The lowest BCUT2D eigenvalue weighted by atomic mass is 10.1. The van der Waals surface area contributed by atoms with Gasteiger partial charge in [0.15, 0.2) is 11.0 Å². The van der Waals surface area contributed by atoms with E-state index in [9.17, 15) is 9.90 Å². The van der Waals surface area contributed by atoms with Crippen molar-refractivity contribution in [2.75, 3.05) is 14.2 Å². The quantitative estimate of drug-likeness (QED) is 0.162. The van der Waals surface area contributed by atoms with Crippen LogP contribution in [-0.2, 0) is 17.9 Å². The average Bonchev–Trinajstić information content (AvgIpc) is 3.38. The molecule has 3 aromatic carbocycles. The maximum Gasteiger partial charge on any atom is 0.342 e. The fourth-order valence-corrected chi connectivity index (χ4v) is 4.83. The van der Waals surface area contributed by atoms with Gasteiger partial charge in [-0.2, -0.15) is 5.26 Å². The maximum atomic E-state index is 12.3. The van der Waals surface area contributed by atoms with E-state index in [0.717, 1.165) is 17.3 Å². The van der Waals surface area contributed by atoms with Gasteiger partial charge in [-0.1, -0.05) is 23.7 Å². The largest absolute Gasteiger partial charge is 0.497 e. The van der Waals surface area contributed by atoms with Crippen molar-refractivity contribution in [3.05, 3.63) is 87.3 Å². The van der Waals surface area contributed by atoms with Crippen molar-refractivity contribution in [2.24, 2.45) is 0 Å². The molecule has 0 bridgehead atoms. The third-order valence-electron chi connectivity index (χ3n) is 5.79. The number of hydrogen-bond donors (Lipinski definition) is 1. The van der Waals surface area contributed by atoms with Crippen LogP contribution in [0.25, 0.3) is 17.5 Å². The highest BCUT2D eigenvalue weighted by Crippen LogP contribution is 2.35. The van der Waals surface area contributed by atoms with Crippen LogP contribution < -0.4 is 14.2 Å². The lowest BCUT2D eigenvalue weighted by molar-refractivity contribution is -0.131. The van der Waals surface area contributed by atoms with Gasteiger partial charge in [-0.05, 0) is 72.8 Å². The van der Waals surface area contributed by atoms with Gasteiger partial charge in [-0.3, -0.25) is 0 Å². The van der Waals surface area contributed by atoms with E-state index >= 15 is 0 Å². The summed E-state index contributed by atoms with van der Waals surface area (Å²) in [5, 5.41) is 28.5. The zero-order chi connectivity index (χ0) is 28.6. The Morgan fingerprint density at radius 2 is 1.77 bits per heavy atom. The van der Waals surface area contributed by atoms with Gasteiger partial charge in [-0.15, -0.1) is 10.2 Å². The number of nitriles is 1. The molecule has 204 valence electrons. The van der Waals surface area contributed by atoms with E-state index in [1.54, 1.807) is 62.8 Å². The van der Waals surface area contributed by atoms with Crippen LogP contribution >= 0.6 is 23.4 Å². The molecule has 0 saturated carbocycles. The van der Waals surface area contributed by atoms with E-state index in [-0.39, 0.29) is 11.5 Å². The monoisotopic (exact) mass is 576 g/mol. The van der Waals surface area contributed by atoms with Crippen LogP contribution in [-0.4, -0.2) is 40.1 Å². The Morgan fingerprint density at radius 3 is 2.38 bits per heavy atom. The molecule has 0 unspecified atom stereocenters. The highest BCUT2D eigenvalue weighted by atomic mass is 35.5. The Labute approximate surface area is 240 Å². The number of carboxylic acid groups (broad SMARTS) is 1. The molecule has 0 aliphatic heterocycles. The summed E-state index contributed by atoms with van der Waals surface area (Å²) in [6.07, 6.45) is 1.50. The first-order chi connectivity index (χ1) is 19.3. The van der Waals surface area contributed by atoms with Crippen molar-refractivity contribution in [2.45, 2.75) is 25.2 Å². The Kier molecular flexibility index (Phi) is 9.32. The zero-order valence-corrected chi connectivity index (χ0v) is 23.5. The molecule has 40 heavy (non-hydrogen) atoms. The Morgan fingerprint density at radius 1 is 1.07 bits per heavy atom. The second-order valence-electron chi connectivity index (χ2n) is 8.35. The van der Waals surface area contributed by atoms with Crippen molar-refractivity contribution < 1.29 is 24.1 Å². The fourth-order valence-electron chi connectivity index (χ4n) is 3.77. The number of carbonyl (C=O) groups is 1. The third-order valence-corrected chi connectivity index (χ3v) is 7.02. The van der Waals surface area contributed by atoms with Crippen LogP contribution in [0.4, 0.5) is 0 Å². The number of methoxy groups -OCH3 is 2. The number of nitrogens with zero attached hydrogens (tertiary/aromatic N) is 4. The molecular formula is C29H25ClN4O5S. The van der Waals surface area contributed by atoms with E-state index in [2.05, 4.69) is 16.3 Å². The summed E-state index contributed by atoms with van der Waals surface area (Å²) in [6, 6.07) is 19.5. The summed E-state index contributed by atoms with van der Waals surface area (Å²) in [7, 11) is 3.12. The van der Waals surface area contributed by atoms with Gasteiger partial charge >= 0.3 is 5.97 Å². The summed E-state index contributed by atoms with van der Waals surface area (Å²) in [6.45, 7) is 2.64. The number of halogens is 1. The maximum absolute atomic E-state index is 12.3. The fraction of sp³-hybridized carbons (Fsp3) is 0.172. The molecule has 0 atom stereocenters. The summed E-state index contributed by atoms with van der Waals surface area (Å²) < 4.78 is 18.6. The summed E-state index contributed by atoms with van der Waals surface area (Å²) in [5.74, 6) is 1.04. The SMILES string of the molecule is CCn1c(S/C(=C\c2cc(Cl)ccc2OCc2ccc(C#N)cc2)C(=O)O)nnc1-c1cc(OC)cc(OC)c1. The van der Waals surface area contributed by atoms with Crippen molar-refractivity contribution in [1.82, 2.24) is 14.8 Å². The van der Waals surface area contributed by atoms with E-state index in [0.29, 0.717) is 56.5 Å². The number of aliphatic carboxylic acids is 1. The van der Waals surface area contributed by atoms with Crippen LogP contribution in [0.15, 0.2) is 70.7 Å². The Hall–Kier alpha value is -4.46. The molecule has 0 aliphatic carbocycles. The first-order valence-corrected chi connectivity index (χ1v) is 13.3. The van der Waals surface area contributed by atoms with Gasteiger partial charge in [0.2, 0.25) is 0 Å². The minimum absolute atomic E-state index is 0.00219. The minimum Gasteiger partial charge on any atom is -0.497 e. The van der Waals surface area contributed by atoms with Crippen molar-refractivity contribution >= 4 is 35.4 Å². The molecule has 1 aromatic heterocycles. The van der Waals surface area contributed by atoms with E-state index in [1.807, 2.05) is 23.6 Å². The number of benzene rings is 3. The molecule has 0 spiro atoms.